The Morgan fingerprint density at radius 3 is 2.64 bits per heavy atom. The molecule has 0 bridgehead atoms. The Kier molecular flexibility index (Phi) is 6.65. The van der Waals surface area contributed by atoms with Crippen molar-refractivity contribution in [3.05, 3.63) is 18.0 Å². The Balaban J connectivity index is 1.37. The second-order valence-corrected chi connectivity index (χ2v) is 8.80. The van der Waals surface area contributed by atoms with Gasteiger partial charge in [0.25, 0.3) is 0 Å². The number of amides is 1. The van der Waals surface area contributed by atoms with Gasteiger partial charge in [0.15, 0.2) is 0 Å². The van der Waals surface area contributed by atoms with Crippen LogP contribution in [0, 0.1) is 5.92 Å². The standard InChI is InChI=1S/C21H35N5O2/c1-25-13-16(12-23-25)11-22-21(27)17-5-6-19(24-18-3-2-4-18)15-26(14-17)20-7-9-28-10-8-20/h12-13,17-20,24H,2-11,14-15H2,1H3,(H,22,27)/t17-,19+/m1/s1. The lowest BCUT2D eigenvalue weighted by Gasteiger charge is -2.38. The van der Waals surface area contributed by atoms with Crippen molar-refractivity contribution < 1.29 is 9.53 Å². The van der Waals surface area contributed by atoms with Gasteiger partial charge < -0.3 is 15.4 Å². The van der Waals surface area contributed by atoms with Gasteiger partial charge in [0.1, 0.15) is 0 Å². The zero-order valence-electron chi connectivity index (χ0n) is 17.1. The molecule has 4 rings (SSSR count). The zero-order valence-corrected chi connectivity index (χ0v) is 17.1. The molecular formula is C21H35N5O2. The van der Waals surface area contributed by atoms with Crippen molar-refractivity contribution in [2.75, 3.05) is 26.3 Å². The average Bonchev–Trinajstić information content (AvgIpc) is 2.97. The summed E-state index contributed by atoms with van der Waals surface area (Å²) in [6.07, 6.45) is 12.0. The monoisotopic (exact) mass is 389 g/mol. The maximum absolute atomic E-state index is 12.9. The molecule has 0 spiro atoms. The van der Waals surface area contributed by atoms with Gasteiger partial charge in [-0.05, 0) is 38.5 Å². The highest BCUT2D eigenvalue weighted by Crippen LogP contribution is 2.26. The molecule has 2 N–H and O–H groups in total. The molecule has 1 aromatic rings. The third-order valence-corrected chi connectivity index (χ3v) is 6.65. The van der Waals surface area contributed by atoms with Crippen molar-refractivity contribution in [3.8, 4) is 0 Å². The summed E-state index contributed by atoms with van der Waals surface area (Å²) in [6, 6.07) is 1.74. The van der Waals surface area contributed by atoms with Gasteiger partial charge in [-0.1, -0.05) is 6.42 Å². The molecule has 3 aliphatic rings. The molecule has 0 radical (unpaired) electrons. The maximum Gasteiger partial charge on any atom is 0.224 e. The Labute approximate surface area is 168 Å². The van der Waals surface area contributed by atoms with Gasteiger partial charge in [-0.15, -0.1) is 0 Å². The fourth-order valence-corrected chi connectivity index (χ4v) is 4.73. The number of ether oxygens (including phenoxy) is 1. The number of nitrogens with zero attached hydrogens (tertiary/aromatic N) is 3. The molecule has 2 atom stereocenters. The van der Waals surface area contributed by atoms with Crippen LogP contribution in [-0.4, -0.2) is 65.0 Å². The van der Waals surface area contributed by atoms with Crippen LogP contribution >= 0.6 is 0 Å². The Morgan fingerprint density at radius 1 is 1.14 bits per heavy atom. The molecule has 0 unspecified atom stereocenters. The molecule has 28 heavy (non-hydrogen) atoms. The highest BCUT2D eigenvalue weighted by atomic mass is 16.5. The van der Waals surface area contributed by atoms with Crippen LogP contribution in [0.3, 0.4) is 0 Å². The van der Waals surface area contributed by atoms with Crippen LogP contribution < -0.4 is 10.6 Å². The van der Waals surface area contributed by atoms with E-state index in [0.29, 0.717) is 24.7 Å². The first-order valence-electron chi connectivity index (χ1n) is 11.0. The minimum Gasteiger partial charge on any atom is -0.381 e. The number of hydrogen-bond acceptors (Lipinski definition) is 5. The van der Waals surface area contributed by atoms with E-state index in [9.17, 15) is 4.79 Å². The number of aryl methyl sites for hydroxylation is 1. The molecule has 1 aliphatic carbocycles. The first kappa shape index (κ1) is 19.9. The summed E-state index contributed by atoms with van der Waals surface area (Å²) in [7, 11) is 1.90. The topological polar surface area (TPSA) is 71.4 Å². The summed E-state index contributed by atoms with van der Waals surface area (Å²) < 4.78 is 7.35. The van der Waals surface area contributed by atoms with Crippen molar-refractivity contribution in [1.82, 2.24) is 25.3 Å². The Morgan fingerprint density at radius 2 is 1.96 bits per heavy atom. The van der Waals surface area contributed by atoms with Gasteiger partial charge in [-0.3, -0.25) is 14.4 Å². The van der Waals surface area contributed by atoms with E-state index in [0.717, 1.165) is 57.6 Å². The highest BCUT2D eigenvalue weighted by Gasteiger charge is 2.33. The van der Waals surface area contributed by atoms with Crippen LogP contribution in [0.1, 0.15) is 50.5 Å². The fourth-order valence-electron chi connectivity index (χ4n) is 4.73. The Hall–Kier alpha value is -1.44. The minimum absolute atomic E-state index is 0.0627. The molecule has 2 saturated heterocycles. The van der Waals surface area contributed by atoms with Gasteiger partial charge in [0.05, 0.1) is 12.1 Å². The van der Waals surface area contributed by atoms with Crippen molar-refractivity contribution in [1.29, 1.82) is 0 Å². The summed E-state index contributed by atoms with van der Waals surface area (Å²) in [6.45, 7) is 4.18. The van der Waals surface area contributed by atoms with E-state index < -0.39 is 0 Å². The number of hydrogen-bond donors (Lipinski definition) is 2. The highest BCUT2D eigenvalue weighted by molar-refractivity contribution is 5.78. The van der Waals surface area contributed by atoms with Gasteiger partial charge in [-0.2, -0.15) is 5.10 Å². The van der Waals surface area contributed by atoms with E-state index in [1.54, 1.807) is 4.68 Å². The van der Waals surface area contributed by atoms with Crippen molar-refractivity contribution >= 4 is 5.91 Å². The van der Waals surface area contributed by atoms with E-state index >= 15 is 0 Å². The van der Waals surface area contributed by atoms with E-state index in [-0.39, 0.29) is 11.8 Å². The lowest BCUT2D eigenvalue weighted by atomic mass is 9.91. The van der Waals surface area contributed by atoms with Crippen LogP contribution in [0.5, 0.6) is 0 Å². The first-order valence-corrected chi connectivity index (χ1v) is 11.0. The van der Waals surface area contributed by atoms with E-state index in [4.69, 9.17) is 4.74 Å². The van der Waals surface area contributed by atoms with Crippen LogP contribution in [-0.2, 0) is 23.1 Å². The second-order valence-electron chi connectivity index (χ2n) is 8.80. The minimum atomic E-state index is 0.0627. The smallest absolute Gasteiger partial charge is 0.224 e. The van der Waals surface area contributed by atoms with Crippen molar-refractivity contribution in [3.63, 3.8) is 0 Å². The normalized spacial score (nSPS) is 27.9. The third-order valence-electron chi connectivity index (χ3n) is 6.65. The molecule has 1 saturated carbocycles. The summed E-state index contributed by atoms with van der Waals surface area (Å²) in [5, 5.41) is 11.2. The molecule has 1 amide bonds. The predicted octanol–water partition coefficient (Wildman–Crippen LogP) is 1.44. The van der Waals surface area contributed by atoms with Crippen molar-refractivity contribution in [2.24, 2.45) is 13.0 Å². The molecule has 156 valence electrons. The number of nitrogens with one attached hydrogen (secondary N) is 2. The van der Waals surface area contributed by atoms with E-state index in [1.807, 2.05) is 19.4 Å². The number of aromatic nitrogens is 2. The predicted molar refractivity (Wildman–Crippen MR) is 108 cm³/mol. The molecular weight excluding hydrogens is 354 g/mol. The Bertz CT molecular complexity index is 638. The molecule has 7 nitrogen and oxygen atoms in total. The fraction of sp³-hybridized carbons (Fsp3) is 0.810. The van der Waals surface area contributed by atoms with Crippen LogP contribution in [0.2, 0.25) is 0 Å². The summed E-state index contributed by atoms with van der Waals surface area (Å²) >= 11 is 0. The maximum atomic E-state index is 12.9. The average molecular weight is 390 g/mol. The van der Waals surface area contributed by atoms with Crippen LogP contribution in [0.25, 0.3) is 0 Å². The second kappa shape index (κ2) is 9.37. The largest absolute Gasteiger partial charge is 0.381 e. The summed E-state index contributed by atoms with van der Waals surface area (Å²) in [5.74, 6) is 0.248. The SMILES string of the molecule is Cn1cc(CNC(=O)[C@@H]2CC[C@H](NC3CCC3)CN(C3CCOCC3)C2)cn1. The molecule has 3 fully saturated rings. The molecule has 3 heterocycles. The molecule has 0 aromatic carbocycles. The van der Waals surface area contributed by atoms with Gasteiger partial charge in [-0.25, -0.2) is 0 Å². The number of carbonyl (C=O) groups excluding carboxylic acids is 1. The number of likely N-dealkylation sites (tertiary alicyclic amines) is 1. The summed E-state index contributed by atoms with van der Waals surface area (Å²) in [5.41, 5.74) is 1.05. The molecule has 2 aliphatic heterocycles. The lowest BCUT2D eigenvalue weighted by Crippen LogP contribution is -2.50. The van der Waals surface area contributed by atoms with Crippen LogP contribution in [0.15, 0.2) is 12.4 Å². The molecule has 1 aromatic heterocycles. The van der Waals surface area contributed by atoms with Gasteiger partial charge in [0, 0.05) is 69.8 Å². The summed E-state index contributed by atoms with van der Waals surface area (Å²) in [4.78, 5) is 15.5. The number of carbonyl (C=O) groups is 1. The third kappa shape index (κ3) is 5.13. The van der Waals surface area contributed by atoms with Gasteiger partial charge in [0.2, 0.25) is 5.91 Å². The van der Waals surface area contributed by atoms with Crippen molar-refractivity contribution in [2.45, 2.75) is 69.6 Å². The molecule has 7 heteroatoms. The number of rotatable bonds is 6. The first-order chi connectivity index (χ1) is 13.7. The quantitative estimate of drug-likeness (QED) is 0.770. The van der Waals surface area contributed by atoms with E-state index in [1.165, 1.54) is 19.3 Å². The zero-order chi connectivity index (χ0) is 19.3. The van der Waals surface area contributed by atoms with E-state index in [2.05, 4.69) is 20.6 Å². The van der Waals surface area contributed by atoms with Gasteiger partial charge >= 0.3 is 0 Å². The lowest BCUT2D eigenvalue weighted by molar-refractivity contribution is -0.126. The van der Waals surface area contributed by atoms with Crippen LogP contribution in [0.4, 0.5) is 0 Å².